The largest absolute Gasteiger partial charge is 0.493 e. The molecule has 0 saturated carbocycles. The maximum Gasteiger partial charge on any atom is 0.244 e. The molecule has 0 N–H and O–H groups in total. The normalized spacial score (nSPS) is 15.5. The van der Waals surface area contributed by atoms with Crippen molar-refractivity contribution in [3.63, 3.8) is 0 Å². The minimum absolute atomic E-state index is 0.0551. The van der Waals surface area contributed by atoms with Gasteiger partial charge < -0.3 is 14.4 Å². The van der Waals surface area contributed by atoms with Crippen molar-refractivity contribution in [3.05, 3.63) is 59.9 Å². The van der Waals surface area contributed by atoms with Crippen LogP contribution < -0.4 is 9.47 Å². The molecule has 0 bridgehead atoms. The summed E-state index contributed by atoms with van der Waals surface area (Å²) in [5.74, 6) is 0.938. The Labute approximate surface area is 152 Å². The monoisotopic (exact) mass is 358 g/mol. The summed E-state index contributed by atoms with van der Waals surface area (Å²) in [5.41, 5.74) is 0.647. The molecule has 2 aromatic carbocycles. The van der Waals surface area contributed by atoms with Crippen LogP contribution >= 0.6 is 0 Å². The van der Waals surface area contributed by atoms with Crippen LogP contribution in [0, 0.1) is 5.82 Å². The molecule has 138 valence electrons. The van der Waals surface area contributed by atoms with Gasteiger partial charge in [-0.05, 0) is 43.9 Å². The van der Waals surface area contributed by atoms with Crippen LogP contribution in [0.25, 0.3) is 0 Å². The molecule has 1 unspecified atom stereocenters. The van der Waals surface area contributed by atoms with Crippen LogP contribution in [0.2, 0.25) is 0 Å². The summed E-state index contributed by atoms with van der Waals surface area (Å²) in [7, 11) is 5.23. The number of benzene rings is 2. The van der Waals surface area contributed by atoms with Gasteiger partial charge in [0.05, 0.1) is 20.2 Å². The first-order chi connectivity index (χ1) is 12.5. The summed E-state index contributed by atoms with van der Waals surface area (Å²) >= 11 is 0. The van der Waals surface area contributed by atoms with Crippen LogP contribution in [-0.2, 0) is 4.79 Å². The molecule has 1 aliphatic heterocycles. The molecule has 1 heterocycles. The van der Waals surface area contributed by atoms with Gasteiger partial charge in [-0.3, -0.25) is 9.69 Å². The molecule has 0 aliphatic carbocycles. The number of ether oxygens (including phenoxy) is 2. The van der Waals surface area contributed by atoms with Gasteiger partial charge in [-0.25, -0.2) is 4.39 Å². The quantitative estimate of drug-likeness (QED) is 0.796. The van der Waals surface area contributed by atoms with Crippen LogP contribution in [0.1, 0.15) is 11.6 Å². The zero-order valence-electron chi connectivity index (χ0n) is 15.2. The molecule has 3 rings (SSSR count). The number of carbonyl (C=O) groups is 1. The van der Waals surface area contributed by atoms with E-state index < -0.39 is 6.04 Å². The Balaban J connectivity index is 1.64. The molecule has 0 aromatic heterocycles. The molecule has 6 heteroatoms. The Morgan fingerprint density at radius 1 is 1.15 bits per heavy atom. The summed E-state index contributed by atoms with van der Waals surface area (Å²) in [6, 6.07) is 13.1. The second-order valence-electron chi connectivity index (χ2n) is 6.56. The lowest BCUT2D eigenvalue weighted by Gasteiger charge is -2.41. The summed E-state index contributed by atoms with van der Waals surface area (Å²) in [6.45, 7) is 0.993. The number of likely N-dealkylation sites (N-methyl/N-ethyl adjacent to an activating group) is 1. The third-order valence-electron chi connectivity index (χ3n) is 4.44. The zero-order chi connectivity index (χ0) is 18.7. The van der Waals surface area contributed by atoms with E-state index in [1.807, 2.05) is 38.4 Å². The summed E-state index contributed by atoms with van der Waals surface area (Å²) in [6.07, 6.45) is -0.0782. The molecule has 26 heavy (non-hydrogen) atoms. The molecule has 0 radical (unpaired) electrons. The van der Waals surface area contributed by atoms with Gasteiger partial charge in [0.2, 0.25) is 5.91 Å². The van der Waals surface area contributed by atoms with Crippen molar-refractivity contribution >= 4 is 5.91 Å². The highest BCUT2D eigenvalue weighted by Crippen LogP contribution is 2.30. The maximum absolute atomic E-state index is 13.6. The fourth-order valence-electron chi connectivity index (χ4n) is 3.10. The van der Waals surface area contributed by atoms with Gasteiger partial charge in [-0.2, -0.15) is 0 Å². The molecule has 1 atom stereocenters. The van der Waals surface area contributed by atoms with E-state index in [1.54, 1.807) is 29.0 Å². The van der Waals surface area contributed by atoms with Gasteiger partial charge in [-0.15, -0.1) is 0 Å². The van der Waals surface area contributed by atoms with Crippen molar-refractivity contribution in [2.75, 3.05) is 34.3 Å². The molecule has 2 aromatic rings. The van der Waals surface area contributed by atoms with E-state index in [-0.39, 0.29) is 17.8 Å². The van der Waals surface area contributed by atoms with Crippen molar-refractivity contribution in [3.8, 4) is 11.5 Å². The number of hydrogen-bond donors (Lipinski definition) is 0. The topological polar surface area (TPSA) is 42.0 Å². The first-order valence-corrected chi connectivity index (χ1v) is 8.50. The lowest BCUT2D eigenvalue weighted by atomic mass is 10.0. The molecular formula is C20H23FN2O3. The van der Waals surface area contributed by atoms with Crippen molar-refractivity contribution in [1.82, 2.24) is 9.80 Å². The van der Waals surface area contributed by atoms with Crippen molar-refractivity contribution in [2.24, 2.45) is 0 Å². The smallest absolute Gasteiger partial charge is 0.244 e. The number of amides is 1. The fourth-order valence-corrected chi connectivity index (χ4v) is 3.10. The van der Waals surface area contributed by atoms with Crippen LogP contribution in [0.15, 0.2) is 48.5 Å². The second kappa shape index (κ2) is 7.74. The SMILES string of the molecule is COc1ccccc1OC1CN(C(=O)C(c2cccc(F)c2)N(C)C)C1. The molecule has 1 fully saturated rings. The summed E-state index contributed by atoms with van der Waals surface area (Å²) in [4.78, 5) is 16.4. The zero-order valence-corrected chi connectivity index (χ0v) is 15.2. The summed E-state index contributed by atoms with van der Waals surface area (Å²) in [5, 5.41) is 0. The van der Waals surface area contributed by atoms with Gasteiger partial charge >= 0.3 is 0 Å². The lowest BCUT2D eigenvalue weighted by Crippen LogP contribution is -2.58. The molecule has 1 aliphatic rings. The van der Waals surface area contributed by atoms with Crippen LogP contribution in [-0.4, -0.2) is 56.1 Å². The van der Waals surface area contributed by atoms with Crippen molar-refractivity contribution in [1.29, 1.82) is 0 Å². The molecular weight excluding hydrogens is 335 g/mol. The number of rotatable bonds is 6. The Bertz CT molecular complexity index is 775. The van der Waals surface area contributed by atoms with Gasteiger partial charge in [0.1, 0.15) is 18.0 Å². The van der Waals surface area contributed by atoms with Crippen LogP contribution in [0.4, 0.5) is 4.39 Å². The Kier molecular flexibility index (Phi) is 5.42. The van der Waals surface area contributed by atoms with E-state index in [0.29, 0.717) is 30.2 Å². The number of methoxy groups -OCH3 is 1. The van der Waals surface area contributed by atoms with Gasteiger partial charge in [0.15, 0.2) is 11.5 Å². The number of halogens is 1. The van der Waals surface area contributed by atoms with E-state index in [4.69, 9.17) is 9.47 Å². The third kappa shape index (κ3) is 3.80. The minimum Gasteiger partial charge on any atom is -0.493 e. The summed E-state index contributed by atoms with van der Waals surface area (Å²) < 4.78 is 24.8. The second-order valence-corrected chi connectivity index (χ2v) is 6.56. The average Bonchev–Trinajstić information content (AvgIpc) is 2.57. The first kappa shape index (κ1) is 18.2. The predicted molar refractivity (Wildman–Crippen MR) is 96.8 cm³/mol. The van der Waals surface area contributed by atoms with Crippen LogP contribution in [0.3, 0.4) is 0 Å². The number of hydrogen-bond acceptors (Lipinski definition) is 4. The van der Waals surface area contributed by atoms with E-state index in [0.717, 1.165) is 0 Å². The van der Waals surface area contributed by atoms with Crippen molar-refractivity contribution < 1.29 is 18.7 Å². The highest BCUT2D eigenvalue weighted by Gasteiger charge is 2.37. The number of carbonyl (C=O) groups excluding carboxylic acids is 1. The lowest BCUT2D eigenvalue weighted by molar-refractivity contribution is -0.145. The van der Waals surface area contributed by atoms with Crippen molar-refractivity contribution in [2.45, 2.75) is 12.1 Å². The van der Waals surface area contributed by atoms with Gasteiger partial charge in [0.25, 0.3) is 0 Å². The van der Waals surface area contributed by atoms with E-state index in [9.17, 15) is 9.18 Å². The highest BCUT2D eigenvalue weighted by atomic mass is 19.1. The number of para-hydroxylation sites is 2. The van der Waals surface area contributed by atoms with E-state index in [1.165, 1.54) is 12.1 Å². The first-order valence-electron chi connectivity index (χ1n) is 8.50. The van der Waals surface area contributed by atoms with Gasteiger partial charge in [-0.1, -0.05) is 24.3 Å². The minimum atomic E-state index is -0.516. The van der Waals surface area contributed by atoms with E-state index in [2.05, 4.69) is 0 Å². The predicted octanol–water partition coefficient (Wildman–Crippen LogP) is 2.73. The maximum atomic E-state index is 13.6. The highest BCUT2D eigenvalue weighted by molar-refractivity contribution is 5.84. The Morgan fingerprint density at radius 2 is 1.85 bits per heavy atom. The Morgan fingerprint density at radius 3 is 2.46 bits per heavy atom. The van der Waals surface area contributed by atoms with Gasteiger partial charge in [0, 0.05) is 0 Å². The number of likely N-dealkylation sites (tertiary alicyclic amines) is 1. The molecule has 0 spiro atoms. The molecule has 5 nitrogen and oxygen atoms in total. The molecule has 1 amide bonds. The fraction of sp³-hybridized carbons (Fsp3) is 0.350. The molecule has 1 saturated heterocycles. The van der Waals surface area contributed by atoms with Crippen LogP contribution in [0.5, 0.6) is 11.5 Å². The number of nitrogens with zero attached hydrogens (tertiary/aromatic N) is 2. The van der Waals surface area contributed by atoms with E-state index >= 15 is 0 Å². The average molecular weight is 358 g/mol. The standard InChI is InChI=1S/C20H23FN2O3/c1-22(2)19(14-7-6-8-15(21)11-14)20(24)23-12-16(13-23)26-18-10-5-4-9-17(18)25-3/h4-11,16,19H,12-13H2,1-3H3. The Hall–Kier alpha value is -2.60. The third-order valence-corrected chi connectivity index (χ3v) is 4.44.